The van der Waals surface area contributed by atoms with E-state index in [9.17, 15) is 19.5 Å². The highest BCUT2D eigenvalue weighted by molar-refractivity contribution is 5.99. The molecule has 3 heterocycles. The number of amides is 2. The molecule has 4 aliphatic rings. The van der Waals surface area contributed by atoms with Crippen LogP contribution in [0.1, 0.15) is 56.8 Å². The summed E-state index contributed by atoms with van der Waals surface area (Å²) in [4.78, 5) is 45.5. The van der Waals surface area contributed by atoms with Crippen LogP contribution in [0.4, 0.5) is 5.69 Å². The summed E-state index contributed by atoms with van der Waals surface area (Å²) in [6.45, 7) is 10.0. The third-order valence-corrected chi connectivity index (χ3v) is 8.26. The van der Waals surface area contributed by atoms with Gasteiger partial charge in [0, 0.05) is 43.5 Å². The SMILES string of the molecule is CC(C)(C)CC(NC(=O)c1ccc(N2CCN(C3CCC3)CC2)cc1)C(=O)N1C[C@@H](O)[C@H]2OCC(=O)[C@H]21. The number of Topliss-reactive ketones (excluding diaryl/α,β-unsaturated/α-hetero) is 1. The number of rotatable bonds is 6. The summed E-state index contributed by atoms with van der Waals surface area (Å²) in [7, 11) is 0. The number of anilines is 1. The molecule has 1 aromatic rings. The van der Waals surface area contributed by atoms with Crippen LogP contribution in [0.3, 0.4) is 0 Å². The molecular weight excluding hydrogens is 472 g/mol. The first-order chi connectivity index (χ1) is 17.6. The maximum Gasteiger partial charge on any atom is 0.251 e. The number of aliphatic hydroxyl groups is 1. The lowest BCUT2D eigenvalue weighted by molar-refractivity contribution is -0.138. The van der Waals surface area contributed by atoms with Crippen molar-refractivity contribution in [2.24, 2.45) is 5.41 Å². The van der Waals surface area contributed by atoms with Crippen molar-refractivity contribution in [3.63, 3.8) is 0 Å². The lowest BCUT2D eigenvalue weighted by Crippen LogP contribution is -2.53. The molecule has 1 saturated carbocycles. The number of carbonyl (C=O) groups excluding carboxylic acids is 3. The van der Waals surface area contributed by atoms with Gasteiger partial charge in [-0.15, -0.1) is 0 Å². The lowest BCUT2D eigenvalue weighted by atomic mass is 9.87. The Morgan fingerprint density at radius 2 is 1.78 bits per heavy atom. The first-order valence-electron chi connectivity index (χ1n) is 13.6. The van der Waals surface area contributed by atoms with Crippen molar-refractivity contribution in [2.75, 3.05) is 44.2 Å². The Kier molecular flexibility index (Phi) is 7.31. The van der Waals surface area contributed by atoms with Gasteiger partial charge in [0.15, 0.2) is 5.78 Å². The van der Waals surface area contributed by atoms with Crippen LogP contribution in [0.2, 0.25) is 0 Å². The molecule has 2 N–H and O–H groups in total. The average Bonchev–Trinajstić information content (AvgIpc) is 3.37. The van der Waals surface area contributed by atoms with Gasteiger partial charge in [-0.25, -0.2) is 0 Å². The van der Waals surface area contributed by atoms with E-state index < -0.39 is 24.3 Å². The normalized spacial score (nSPS) is 27.7. The van der Waals surface area contributed by atoms with Crippen molar-refractivity contribution in [2.45, 2.75) is 76.8 Å². The smallest absolute Gasteiger partial charge is 0.251 e. The van der Waals surface area contributed by atoms with Gasteiger partial charge in [-0.05, 0) is 48.9 Å². The van der Waals surface area contributed by atoms with Gasteiger partial charge in [-0.3, -0.25) is 19.3 Å². The Hall–Kier alpha value is -2.49. The minimum absolute atomic E-state index is 0.0269. The van der Waals surface area contributed by atoms with Gasteiger partial charge in [-0.2, -0.15) is 0 Å². The molecule has 0 bridgehead atoms. The molecule has 1 aliphatic carbocycles. The maximum atomic E-state index is 13.6. The standard InChI is InChI=1S/C28H40N4O5/c1-28(2,3)15-21(27(36)32-16-22(33)25-24(32)23(34)17-37-25)29-26(35)18-7-9-20(10-8-18)31-13-11-30(12-14-31)19-5-4-6-19/h7-10,19,21-22,24-25,33H,4-6,11-17H2,1-3H3,(H,29,35)/t21?,22-,24-,25-/m1/s1. The summed E-state index contributed by atoms with van der Waals surface area (Å²) in [5.74, 6) is -0.885. The van der Waals surface area contributed by atoms with Crippen molar-refractivity contribution in [1.82, 2.24) is 15.1 Å². The number of piperazine rings is 1. The first kappa shape index (κ1) is 26.1. The summed E-state index contributed by atoms with van der Waals surface area (Å²) in [6, 6.07) is 6.74. The molecule has 4 atom stereocenters. The largest absolute Gasteiger partial charge is 0.388 e. The van der Waals surface area contributed by atoms with Crippen LogP contribution in [-0.2, 0) is 14.3 Å². The van der Waals surface area contributed by atoms with Crippen molar-refractivity contribution in [3.8, 4) is 0 Å². The third kappa shape index (κ3) is 5.54. The zero-order valence-corrected chi connectivity index (χ0v) is 22.2. The molecule has 9 heteroatoms. The summed E-state index contributed by atoms with van der Waals surface area (Å²) >= 11 is 0. The highest BCUT2D eigenvalue weighted by Crippen LogP contribution is 2.30. The zero-order chi connectivity index (χ0) is 26.3. The molecule has 3 aliphatic heterocycles. The van der Waals surface area contributed by atoms with Gasteiger partial charge >= 0.3 is 0 Å². The second-order valence-corrected chi connectivity index (χ2v) is 12.2. The number of fused-ring (bicyclic) bond motifs is 1. The fraction of sp³-hybridized carbons (Fsp3) is 0.679. The summed E-state index contributed by atoms with van der Waals surface area (Å²) < 4.78 is 5.41. The minimum Gasteiger partial charge on any atom is -0.388 e. The van der Waals surface area contributed by atoms with Crippen molar-refractivity contribution >= 4 is 23.3 Å². The van der Waals surface area contributed by atoms with Crippen molar-refractivity contribution in [1.29, 1.82) is 0 Å². The zero-order valence-electron chi connectivity index (χ0n) is 22.2. The van der Waals surface area contributed by atoms with E-state index >= 15 is 0 Å². The first-order valence-corrected chi connectivity index (χ1v) is 13.6. The lowest BCUT2D eigenvalue weighted by Gasteiger charge is -2.43. The molecule has 0 spiro atoms. The molecule has 1 aromatic carbocycles. The fourth-order valence-electron chi connectivity index (χ4n) is 6.03. The number of hydrogen-bond acceptors (Lipinski definition) is 7. The number of carbonyl (C=O) groups is 3. The van der Waals surface area contributed by atoms with Crippen LogP contribution in [0, 0.1) is 5.41 Å². The quantitative estimate of drug-likeness (QED) is 0.595. The number of nitrogens with one attached hydrogen (secondary N) is 1. The number of nitrogens with zero attached hydrogens (tertiary/aromatic N) is 3. The fourth-order valence-corrected chi connectivity index (χ4v) is 6.03. The summed E-state index contributed by atoms with van der Waals surface area (Å²) in [6.07, 6.45) is 2.81. The van der Waals surface area contributed by atoms with Crippen molar-refractivity contribution in [3.05, 3.63) is 29.8 Å². The van der Waals surface area contributed by atoms with E-state index in [1.807, 2.05) is 45.0 Å². The molecule has 202 valence electrons. The molecule has 3 saturated heterocycles. The molecule has 4 fully saturated rings. The number of aliphatic hydroxyl groups excluding tert-OH is 1. The molecule has 2 amide bonds. The van der Waals surface area contributed by atoms with Crippen LogP contribution in [0.15, 0.2) is 24.3 Å². The predicted octanol–water partition coefficient (Wildman–Crippen LogP) is 1.44. The van der Waals surface area contributed by atoms with Gasteiger partial charge < -0.3 is 25.0 Å². The Labute approximate surface area is 219 Å². The molecule has 9 nitrogen and oxygen atoms in total. The number of ketones is 1. The van der Waals surface area contributed by atoms with E-state index in [-0.39, 0.29) is 36.2 Å². The maximum absolute atomic E-state index is 13.6. The van der Waals surface area contributed by atoms with Crippen LogP contribution < -0.4 is 10.2 Å². The number of hydrogen-bond donors (Lipinski definition) is 2. The number of ether oxygens (including phenoxy) is 1. The van der Waals surface area contributed by atoms with Crippen molar-refractivity contribution < 1.29 is 24.2 Å². The molecule has 0 radical (unpaired) electrons. The Balaban J connectivity index is 1.24. The van der Waals surface area contributed by atoms with Gasteiger partial charge in [-0.1, -0.05) is 27.2 Å². The number of likely N-dealkylation sites (tertiary alicyclic amines) is 1. The molecule has 0 aromatic heterocycles. The van der Waals surface area contributed by atoms with Gasteiger partial charge in [0.05, 0.1) is 6.54 Å². The molecule has 37 heavy (non-hydrogen) atoms. The Morgan fingerprint density at radius 1 is 1.11 bits per heavy atom. The van der Waals surface area contributed by atoms with E-state index in [0.29, 0.717) is 12.0 Å². The second kappa shape index (κ2) is 10.3. The minimum atomic E-state index is -0.908. The van der Waals surface area contributed by atoms with E-state index in [4.69, 9.17) is 4.74 Å². The van der Waals surface area contributed by atoms with Crippen LogP contribution in [-0.4, -0.2) is 102 Å². The monoisotopic (exact) mass is 512 g/mol. The van der Waals surface area contributed by atoms with E-state index in [1.165, 1.54) is 24.2 Å². The predicted molar refractivity (Wildman–Crippen MR) is 139 cm³/mol. The number of β-amino-alcohol motifs (C(OH)–C–C–N with tert-alkyl or cyclic N) is 1. The second-order valence-electron chi connectivity index (χ2n) is 12.2. The summed E-state index contributed by atoms with van der Waals surface area (Å²) in [5, 5.41) is 13.3. The summed E-state index contributed by atoms with van der Waals surface area (Å²) in [5.41, 5.74) is 1.35. The van der Waals surface area contributed by atoms with Gasteiger partial charge in [0.2, 0.25) is 5.91 Å². The average molecular weight is 513 g/mol. The van der Waals surface area contributed by atoms with E-state index in [2.05, 4.69) is 15.1 Å². The Morgan fingerprint density at radius 3 is 2.38 bits per heavy atom. The highest BCUT2D eigenvalue weighted by Gasteiger charge is 2.53. The van der Waals surface area contributed by atoms with E-state index in [1.54, 1.807) is 0 Å². The third-order valence-electron chi connectivity index (χ3n) is 8.26. The number of benzene rings is 1. The van der Waals surface area contributed by atoms with Gasteiger partial charge in [0.1, 0.15) is 30.9 Å². The van der Waals surface area contributed by atoms with E-state index in [0.717, 1.165) is 37.9 Å². The molecule has 1 unspecified atom stereocenters. The van der Waals surface area contributed by atoms with Crippen LogP contribution in [0.5, 0.6) is 0 Å². The molecule has 5 rings (SSSR count). The van der Waals surface area contributed by atoms with Gasteiger partial charge in [0.25, 0.3) is 5.91 Å². The van der Waals surface area contributed by atoms with Crippen LogP contribution in [0.25, 0.3) is 0 Å². The Bertz CT molecular complexity index is 1010. The topological polar surface area (TPSA) is 102 Å². The highest BCUT2D eigenvalue weighted by atomic mass is 16.5. The molecular formula is C28H40N4O5. The van der Waals surface area contributed by atoms with Crippen LogP contribution >= 0.6 is 0 Å².